The monoisotopic (exact) mass is 165 g/mol. The number of hydrogen-bond donors (Lipinski definition) is 1. The Labute approximate surface area is 73.8 Å². The third kappa shape index (κ3) is 3.36. The van der Waals surface area contributed by atoms with Crippen molar-refractivity contribution in [2.75, 3.05) is 0 Å². The standard InChI is InChI=1S/C10H15NO/c1-4-9(6-8(3)12)10(5-2)7-11/h5-6,8,12H,4H2,1-3H3/b9-6+,10-5-. The molecule has 0 aliphatic heterocycles. The molecule has 0 radical (unpaired) electrons. The molecule has 0 aliphatic carbocycles. The van der Waals surface area contributed by atoms with Crippen LogP contribution < -0.4 is 0 Å². The lowest BCUT2D eigenvalue weighted by Crippen LogP contribution is -1.97. The van der Waals surface area contributed by atoms with Crippen molar-refractivity contribution in [2.45, 2.75) is 33.3 Å². The van der Waals surface area contributed by atoms with Gasteiger partial charge in [0.1, 0.15) is 0 Å². The van der Waals surface area contributed by atoms with Crippen molar-refractivity contribution in [1.82, 2.24) is 0 Å². The first-order valence-electron chi connectivity index (χ1n) is 4.11. The number of hydrogen-bond acceptors (Lipinski definition) is 2. The summed E-state index contributed by atoms with van der Waals surface area (Å²) in [5.41, 5.74) is 1.56. The lowest BCUT2D eigenvalue weighted by atomic mass is 10.0. The Morgan fingerprint density at radius 3 is 2.50 bits per heavy atom. The number of aliphatic hydroxyl groups excluding tert-OH is 1. The summed E-state index contributed by atoms with van der Waals surface area (Å²) in [6.45, 7) is 5.47. The average molecular weight is 165 g/mol. The Hall–Kier alpha value is -1.07. The van der Waals surface area contributed by atoms with Gasteiger partial charge in [0.25, 0.3) is 0 Å². The fourth-order valence-corrected chi connectivity index (χ4v) is 1.01. The van der Waals surface area contributed by atoms with Gasteiger partial charge in [0.15, 0.2) is 0 Å². The van der Waals surface area contributed by atoms with Crippen molar-refractivity contribution in [3.8, 4) is 6.07 Å². The van der Waals surface area contributed by atoms with Crippen LogP contribution in [0.4, 0.5) is 0 Å². The summed E-state index contributed by atoms with van der Waals surface area (Å²) in [5.74, 6) is 0. The van der Waals surface area contributed by atoms with E-state index >= 15 is 0 Å². The number of nitriles is 1. The third-order valence-corrected chi connectivity index (χ3v) is 1.58. The van der Waals surface area contributed by atoms with Gasteiger partial charge in [-0.15, -0.1) is 0 Å². The van der Waals surface area contributed by atoms with Crippen molar-refractivity contribution < 1.29 is 5.11 Å². The smallest absolute Gasteiger partial charge is 0.0990 e. The number of allylic oxidation sites excluding steroid dienone is 3. The molecule has 0 saturated heterocycles. The van der Waals surface area contributed by atoms with Crippen LogP contribution in [0.3, 0.4) is 0 Å². The first-order chi connectivity index (χ1) is 5.65. The molecule has 2 heteroatoms. The second-order valence-electron chi connectivity index (χ2n) is 2.60. The van der Waals surface area contributed by atoms with Crippen LogP contribution in [-0.2, 0) is 0 Å². The van der Waals surface area contributed by atoms with E-state index in [9.17, 15) is 0 Å². The largest absolute Gasteiger partial charge is 0.389 e. The molecule has 1 N–H and O–H groups in total. The van der Waals surface area contributed by atoms with Gasteiger partial charge in [-0.1, -0.05) is 19.1 Å². The van der Waals surface area contributed by atoms with E-state index in [1.807, 2.05) is 13.8 Å². The summed E-state index contributed by atoms with van der Waals surface area (Å²) in [6, 6.07) is 2.09. The molecule has 0 aromatic carbocycles. The third-order valence-electron chi connectivity index (χ3n) is 1.58. The molecule has 0 aromatic heterocycles. The van der Waals surface area contributed by atoms with E-state index in [2.05, 4.69) is 6.07 Å². The van der Waals surface area contributed by atoms with Crippen LogP contribution in [0.25, 0.3) is 0 Å². The highest BCUT2D eigenvalue weighted by molar-refractivity contribution is 5.41. The molecule has 1 atom stereocenters. The molecular weight excluding hydrogens is 150 g/mol. The van der Waals surface area contributed by atoms with Gasteiger partial charge in [-0.25, -0.2) is 0 Å². The number of rotatable bonds is 3. The minimum atomic E-state index is -0.483. The van der Waals surface area contributed by atoms with Crippen molar-refractivity contribution in [1.29, 1.82) is 5.26 Å². The molecule has 0 aromatic rings. The fraction of sp³-hybridized carbons (Fsp3) is 0.500. The zero-order valence-electron chi connectivity index (χ0n) is 7.83. The Morgan fingerprint density at radius 2 is 2.25 bits per heavy atom. The van der Waals surface area contributed by atoms with Gasteiger partial charge in [-0.2, -0.15) is 5.26 Å². The summed E-state index contributed by atoms with van der Waals surface area (Å²) >= 11 is 0. The van der Waals surface area contributed by atoms with E-state index in [4.69, 9.17) is 10.4 Å². The fourth-order valence-electron chi connectivity index (χ4n) is 1.01. The summed E-state index contributed by atoms with van der Waals surface area (Å²) < 4.78 is 0. The highest BCUT2D eigenvalue weighted by Crippen LogP contribution is 2.13. The highest BCUT2D eigenvalue weighted by Gasteiger charge is 2.01. The van der Waals surface area contributed by atoms with Crippen LogP contribution in [-0.4, -0.2) is 11.2 Å². The Kier molecular flexibility index (Phi) is 5.07. The van der Waals surface area contributed by atoms with E-state index in [-0.39, 0.29) is 0 Å². The lowest BCUT2D eigenvalue weighted by molar-refractivity contribution is 0.243. The second-order valence-corrected chi connectivity index (χ2v) is 2.60. The van der Waals surface area contributed by atoms with E-state index in [0.717, 1.165) is 12.0 Å². The maximum Gasteiger partial charge on any atom is 0.0990 e. The molecule has 12 heavy (non-hydrogen) atoms. The Bertz CT molecular complexity index is 231. The SMILES string of the molecule is C/C=C(C#N)\C(=C\C(C)O)CC. The summed E-state index contributed by atoms with van der Waals surface area (Å²) in [7, 11) is 0. The number of nitrogens with zero attached hydrogens (tertiary/aromatic N) is 1. The van der Waals surface area contributed by atoms with Crippen molar-refractivity contribution >= 4 is 0 Å². The minimum Gasteiger partial charge on any atom is -0.389 e. The van der Waals surface area contributed by atoms with Gasteiger partial charge in [-0.05, 0) is 25.8 Å². The summed E-state index contributed by atoms with van der Waals surface area (Å²) in [4.78, 5) is 0. The van der Waals surface area contributed by atoms with Gasteiger partial charge in [0.2, 0.25) is 0 Å². The zero-order valence-corrected chi connectivity index (χ0v) is 7.83. The van der Waals surface area contributed by atoms with Gasteiger partial charge < -0.3 is 5.11 Å². The second kappa shape index (κ2) is 5.56. The van der Waals surface area contributed by atoms with Crippen LogP contribution in [0.5, 0.6) is 0 Å². The molecular formula is C10H15NO. The topological polar surface area (TPSA) is 44.0 Å². The van der Waals surface area contributed by atoms with Gasteiger partial charge in [0, 0.05) is 0 Å². The molecule has 0 bridgehead atoms. The van der Waals surface area contributed by atoms with Crippen molar-refractivity contribution in [2.24, 2.45) is 0 Å². The quantitative estimate of drug-likeness (QED) is 0.514. The van der Waals surface area contributed by atoms with E-state index in [0.29, 0.717) is 5.57 Å². The molecule has 0 fully saturated rings. The molecule has 0 heterocycles. The first kappa shape index (κ1) is 10.9. The maximum atomic E-state index is 9.08. The molecule has 2 nitrogen and oxygen atoms in total. The molecule has 0 spiro atoms. The van der Waals surface area contributed by atoms with Crippen molar-refractivity contribution in [3.05, 3.63) is 23.3 Å². The van der Waals surface area contributed by atoms with Crippen LogP contribution in [0.2, 0.25) is 0 Å². The first-order valence-corrected chi connectivity index (χ1v) is 4.11. The highest BCUT2D eigenvalue weighted by atomic mass is 16.3. The van der Waals surface area contributed by atoms with Crippen LogP contribution >= 0.6 is 0 Å². The lowest BCUT2D eigenvalue weighted by Gasteiger charge is -2.03. The molecule has 0 aliphatic rings. The van der Waals surface area contributed by atoms with E-state index < -0.39 is 6.10 Å². The van der Waals surface area contributed by atoms with Crippen LogP contribution in [0, 0.1) is 11.3 Å². The summed E-state index contributed by atoms with van der Waals surface area (Å²) in [5, 5.41) is 17.8. The molecule has 1 unspecified atom stereocenters. The zero-order chi connectivity index (χ0) is 9.56. The van der Waals surface area contributed by atoms with E-state index in [1.165, 1.54) is 0 Å². The van der Waals surface area contributed by atoms with Crippen LogP contribution in [0.1, 0.15) is 27.2 Å². The molecule has 66 valence electrons. The van der Waals surface area contributed by atoms with Crippen LogP contribution in [0.15, 0.2) is 23.3 Å². The minimum absolute atomic E-state index is 0.483. The average Bonchev–Trinajstić information content (AvgIpc) is 2.04. The predicted molar refractivity (Wildman–Crippen MR) is 49.4 cm³/mol. The maximum absolute atomic E-state index is 9.08. The molecule has 0 saturated carbocycles. The van der Waals surface area contributed by atoms with Gasteiger partial charge in [0.05, 0.1) is 17.7 Å². The Balaban J connectivity index is 4.69. The molecule has 0 rings (SSSR count). The Morgan fingerprint density at radius 1 is 1.67 bits per heavy atom. The predicted octanol–water partition coefficient (Wildman–Crippen LogP) is 2.17. The van der Waals surface area contributed by atoms with E-state index in [1.54, 1.807) is 19.1 Å². The summed E-state index contributed by atoms with van der Waals surface area (Å²) in [6.07, 6.45) is 3.76. The normalized spacial score (nSPS) is 15.6. The number of aliphatic hydroxyl groups is 1. The van der Waals surface area contributed by atoms with Gasteiger partial charge in [-0.3, -0.25) is 0 Å². The van der Waals surface area contributed by atoms with Gasteiger partial charge >= 0.3 is 0 Å². The molecule has 0 amide bonds. The van der Waals surface area contributed by atoms with Crippen molar-refractivity contribution in [3.63, 3.8) is 0 Å².